The van der Waals surface area contributed by atoms with Gasteiger partial charge in [-0.1, -0.05) is 11.6 Å². The highest BCUT2D eigenvalue weighted by atomic mass is 35.5. The molecule has 0 aliphatic carbocycles. The quantitative estimate of drug-likeness (QED) is 0.874. The molecular weight excluding hydrogens is 338 g/mol. The number of piperidine rings is 1. The number of hydrogen-bond donors (Lipinski definition) is 1. The summed E-state index contributed by atoms with van der Waals surface area (Å²) in [5, 5.41) is 3.67. The first-order valence-corrected chi connectivity index (χ1v) is 9.43. The Kier molecular flexibility index (Phi) is 5.97. The lowest BCUT2D eigenvalue weighted by Crippen LogP contribution is -2.35. The molecule has 2 saturated heterocycles. The Morgan fingerprint density at radius 1 is 1.24 bits per heavy atom. The molecule has 1 atom stereocenters. The van der Waals surface area contributed by atoms with Crippen LogP contribution in [0.1, 0.15) is 25.7 Å². The Morgan fingerprint density at radius 3 is 2.60 bits per heavy atom. The SMILES string of the molecule is CN1CCC(CCNC(=O)C2CC(=O)N(c3ccc(Cl)cc3)C2)CC1. The van der Waals surface area contributed by atoms with Crippen LogP contribution in [-0.4, -0.2) is 49.9 Å². The third-order valence-corrected chi connectivity index (χ3v) is 5.58. The summed E-state index contributed by atoms with van der Waals surface area (Å²) in [7, 11) is 2.15. The maximum Gasteiger partial charge on any atom is 0.227 e. The van der Waals surface area contributed by atoms with Gasteiger partial charge in [0.15, 0.2) is 0 Å². The molecule has 0 aromatic heterocycles. The maximum absolute atomic E-state index is 12.4. The van der Waals surface area contributed by atoms with Crippen LogP contribution in [0.3, 0.4) is 0 Å². The van der Waals surface area contributed by atoms with Crippen LogP contribution in [-0.2, 0) is 9.59 Å². The summed E-state index contributed by atoms with van der Waals surface area (Å²) < 4.78 is 0. The zero-order valence-electron chi connectivity index (χ0n) is 14.7. The summed E-state index contributed by atoms with van der Waals surface area (Å²) in [6, 6.07) is 7.17. The van der Waals surface area contributed by atoms with E-state index in [1.54, 1.807) is 17.0 Å². The molecular formula is C19H26ClN3O2. The van der Waals surface area contributed by atoms with Crippen molar-refractivity contribution in [3.63, 3.8) is 0 Å². The lowest BCUT2D eigenvalue weighted by molar-refractivity contribution is -0.126. The number of rotatable bonds is 5. The highest BCUT2D eigenvalue weighted by molar-refractivity contribution is 6.30. The Bertz CT molecular complexity index is 612. The molecule has 2 heterocycles. The van der Waals surface area contributed by atoms with Gasteiger partial charge in [0, 0.05) is 30.2 Å². The monoisotopic (exact) mass is 363 g/mol. The number of halogens is 1. The average Bonchev–Trinajstić information content (AvgIpc) is 2.99. The number of carbonyl (C=O) groups excluding carboxylic acids is 2. The van der Waals surface area contributed by atoms with Crippen molar-refractivity contribution in [3.05, 3.63) is 29.3 Å². The van der Waals surface area contributed by atoms with Crippen LogP contribution in [0.2, 0.25) is 5.02 Å². The van der Waals surface area contributed by atoms with Crippen LogP contribution in [0.4, 0.5) is 5.69 Å². The van der Waals surface area contributed by atoms with Crippen molar-refractivity contribution in [2.24, 2.45) is 11.8 Å². The van der Waals surface area contributed by atoms with Gasteiger partial charge in [-0.2, -0.15) is 0 Å². The normalized spacial score (nSPS) is 22.4. The number of likely N-dealkylation sites (tertiary alicyclic amines) is 1. The predicted octanol–water partition coefficient (Wildman–Crippen LogP) is 2.54. The van der Waals surface area contributed by atoms with E-state index in [0.29, 0.717) is 24.0 Å². The first-order chi connectivity index (χ1) is 12.0. The molecule has 25 heavy (non-hydrogen) atoms. The van der Waals surface area contributed by atoms with Gasteiger partial charge in [0.05, 0.1) is 5.92 Å². The summed E-state index contributed by atoms with van der Waals surface area (Å²) in [5.74, 6) is 0.434. The molecule has 2 aliphatic rings. The van der Waals surface area contributed by atoms with Gasteiger partial charge in [0.25, 0.3) is 0 Å². The number of anilines is 1. The fraction of sp³-hybridized carbons (Fsp3) is 0.579. The minimum Gasteiger partial charge on any atom is -0.356 e. The number of carbonyl (C=O) groups is 2. The summed E-state index contributed by atoms with van der Waals surface area (Å²) in [6.45, 7) is 3.44. The Morgan fingerprint density at radius 2 is 1.92 bits per heavy atom. The molecule has 6 heteroatoms. The molecule has 0 radical (unpaired) electrons. The molecule has 5 nitrogen and oxygen atoms in total. The fourth-order valence-corrected chi connectivity index (χ4v) is 3.77. The molecule has 1 aromatic rings. The van der Waals surface area contributed by atoms with E-state index in [0.717, 1.165) is 25.2 Å². The standard InChI is InChI=1S/C19H26ClN3O2/c1-22-10-7-14(8-11-22)6-9-21-19(25)15-12-18(24)23(13-15)17-4-2-16(20)3-5-17/h2-5,14-15H,6-13H2,1H3,(H,21,25). The van der Waals surface area contributed by atoms with Gasteiger partial charge in [0.2, 0.25) is 11.8 Å². The highest BCUT2D eigenvalue weighted by Crippen LogP contribution is 2.26. The summed E-state index contributed by atoms with van der Waals surface area (Å²) in [4.78, 5) is 28.7. The van der Waals surface area contributed by atoms with Crippen LogP contribution >= 0.6 is 11.6 Å². The van der Waals surface area contributed by atoms with Crippen molar-refractivity contribution < 1.29 is 9.59 Å². The molecule has 1 unspecified atom stereocenters. The minimum absolute atomic E-state index is 0.00205. The van der Waals surface area contributed by atoms with Gasteiger partial charge >= 0.3 is 0 Å². The van der Waals surface area contributed by atoms with Crippen LogP contribution < -0.4 is 10.2 Å². The third-order valence-electron chi connectivity index (χ3n) is 5.32. The van der Waals surface area contributed by atoms with E-state index in [9.17, 15) is 9.59 Å². The first-order valence-electron chi connectivity index (χ1n) is 9.05. The van der Waals surface area contributed by atoms with Crippen molar-refractivity contribution in [3.8, 4) is 0 Å². The zero-order chi connectivity index (χ0) is 17.8. The van der Waals surface area contributed by atoms with Gasteiger partial charge < -0.3 is 15.1 Å². The largest absolute Gasteiger partial charge is 0.356 e. The van der Waals surface area contributed by atoms with Crippen LogP contribution in [0, 0.1) is 11.8 Å². The van der Waals surface area contributed by atoms with Crippen molar-refractivity contribution in [1.29, 1.82) is 0 Å². The molecule has 2 fully saturated rings. The molecule has 0 saturated carbocycles. The number of benzene rings is 1. The van der Waals surface area contributed by atoms with Gasteiger partial charge in [-0.25, -0.2) is 0 Å². The van der Waals surface area contributed by atoms with E-state index in [1.807, 2.05) is 12.1 Å². The van der Waals surface area contributed by atoms with E-state index in [2.05, 4.69) is 17.3 Å². The molecule has 0 bridgehead atoms. The number of amides is 2. The lowest BCUT2D eigenvalue weighted by atomic mass is 9.94. The molecule has 0 spiro atoms. The molecule has 2 amide bonds. The number of hydrogen-bond acceptors (Lipinski definition) is 3. The second kappa shape index (κ2) is 8.19. The average molecular weight is 364 g/mol. The van der Waals surface area contributed by atoms with E-state index in [-0.39, 0.29) is 24.2 Å². The fourth-order valence-electron chi connectivity index (χ4n) is 3.65. The van der Waals surface area contributed by atoms with Gasteiger partial charge in [-0.05, 0) is 69.6 Å². The van der Waals surface area contributed by atoms with Gasteiger partial charge in [-0.15, -0.1) is 0 Å². The van der Waals surface area contributed by atoms with Crippen molar-refractivity contribution in [2.45, 2.75) is 25.7 Å². The Balaban J connectivity index is 1.45. The first kappa shape index (κ1) is 18.2. The number of nitrogens with zero attached hydrogens (tertiary/aromatic N) is 2. The second-order valence-electron chi connectivity index (χ2n) is 7.21. The zero-order valence-corrected chi connectivity index (χ0v) is 15.5. The third kappa shape index (κ3) is 4.73. The summed E-state index contributed by atoms with van der Waals surface area (Å²) >= 11 is 5.89. The predicted molar refractivity (Wildman–Crippen MR) is 99.8 cm³/mol. The highest BCUT2D eigenvalue weighted by Gasteiger charge is 2.35. The molecule has 2 aliphatic heterocycles. The van der Waals surface area contributed by atoms with Crippen molar-refractivity contribution >= 4 is 29.1 Å². The van der Waals surface area contributed by atoms with E-state index in [1.165, 1.54) is 12.8 Å². The van der Waals surface area contributed by atoms with Crippen LogP contribution in [0.15, 0.2) is 24.3 Å². The Labute approximate surface area is 154 Å². The van der Waals surface area contributed by atoms with Crippen molar-refractivity contribution in [1.82, 2.24) is 10.2 Å². The van der Waals surface area contributed by atoms with Crippen LogP contribution in [0.5, 0.6) is 0 Å². The number of nitrogens with one attached hydrogen (secondary N) is 1. The minimum atomic E-state index is -0.263. The molecule has 136 valence electrons. The van der Waals surface area contributed by atoms with Crippen molar-refractivity contribution in [2.75, 3.05) is 38.1 Å². The molecule has 3 rings (SSSR count). The van der Waals surface area contributed by atoms with Crippen LogP contribution in [0.25, 0.3) is 0 Å². The van der Waals surface area contributed by atoms with Gasteiger partial charge in [0.1, 0.15) is 0 Å². The smallest absolute Gasteiger partial charge is 0.227 e. The maximum atomic E-state index is 12.4. The van der Waals surface area contributed by atoms with E-state index < -0.39 is 0 Å². The summed E-state index contributed by atoms with van der Waals surface area (Å²) in [6.07, 6.45) is 3.72. The van der Waals surface area contributed by atoms with E-state index in [4.69, 9.17) is 11.6 Å². The lowest BCUT2D eigenvalue weighted by Gasteiger charge is -2.29. The molecule has 1 aromatic carbocycles. The topological polar surface area (TPSA) is 52.7 Å². The molecule has 1 N–H and O–H groups in total. The van der Waals surface area contributed by atoms with Gasteiger partial charge in [-0.3, -0.25) is 9.59 Å². The summed E-state index contributed by atoms with van der Waals surface area (Å²) in [5.41, 5.74) is 0.802. The van der Waals surface area contributed by atoms with E-state index >= 15 is 0 Å². The second-order valence-corrected chi connectivity index (χ2v) is 7.64. The Hall–Kier alpha value is -1.59.